The maximum Gasteiger partial charge on any atom is 0.305 e. The van der Waals surface area contributed by atoms with E-state index in [1.54, 1.807) is 6.08 Å². The van der Waals surface area contributed by atoms with Gasteiger partial charge in [0.1, 0.15) is 0 Å². The van der Waals surface area contributed by atoms with Gasteiger partial charge in [0.2, 0.25) is 5.91 Å². The van der Waals surface area contributed by atoms with Crippen molar-refractivity contribution in [1.82, 2.24) is 5.32 Å². The predicted octanol–water partition coefficient (Wildman–Crippen LogP) is 16.1. The molecule has 0 aliphatic carbocycles. The van der Waals surface area contributed by atoms with Crippen molar-refractivity contribution in [1.29, 1.82) is 0 Å². The highest BCUT2D eigenvalue weighted by atomic mass is 16.5. The van der Waals surface area contributed by atoms with Gasteiger partial charge in [-0.25, -0.2) is 0 Å². The van der Waals surface area contributed by atoms with Gasteiger partial charge in [0.05, 0.1) is 25.4 Å². The summed E-state index contributed by atoms with van der Waals surface area (Å²) in [4.78, 5) is 24.5. The summed E-state index contributed by atoms with van der Waals surface area (Å²) in [6, 6.07) is -0.650. The molecule has 0 spiro atoms. The molecule has 0 heterocycles. The van der Waals surface area contributed by atoms with Crippen LogP contribution in [0.4, 0.5) is 0 Å². The van der Waals surface area contributed by atoms with Crippen LogP contribution in [0, 0.1) is 0 Å². The Morgan fingerprint density at radius 2 is 0.820 bits per heavy atom. The van der Waals surface area contributed by atoms with Gasteiger partial charge >= 0.3 is 5.97 Å². The minimum absolute atomic E-state index is 0.0413. The molecule has 0 aromatic heterocycles. The Morgan fingerprint density at radius 3 is 1.28 bits per heavy atom. The van der Waals surface area contributed by atoms with Crippen LogP contribution in [-0.4, -0.2) is 47.4 Å². The number of nitrogens with one attached hydrogen (secondary N) is 1. The second-order valence-corrected chi connectivity index (χ2v) is 18.2. The lowest BCUT2D eigenvalue weighted by Gasteiger charge is -2.20. The van der Waals surface area contributed by atoms with Crippen molar-refractivity contribution in [3.8, 4) is 0 Å². The summed E-state index contributed by atoms with van der Waals surface area (Å²) in [6.07, 6.45) is 61.4. The molecular formula is C55H103NO5. The first kappa shape index (κ1) is 59.1. The Kier molecular flexibility index (Phi) is 49.1. The normalized spacial score (nSPS) is 12.9. The van der Waals surface area contributed by atoms with E-state index in [4.69, 9.17) is 4.74 Å². The third kappa shape index (κ3) is 47.4. The van der Waals surface area contributed by atoms with E-state index in [1.165, 1.54) is 180 Å². The number of carbonyl (C=O) groups is 2. The molecule has 0 radical (unpaired) electrons. The summed E-state index contributed by atoms with van der Waals surface area (Å²) in [6.45, 7) is 4.81. The lowest BCUT2D eigenvalue weighted by molar-refractivity contribution is -0.143. The van der Waals surface area contributed by atoms with Crippen molar-refractivity contribution >= 4 is 11.9 Å². The van der Waals surface area contributed by atoms with E-state index in [9.17, 15) is 19.8 Å². The van der Waals surface area contributed by atoms with Crippen LogP contribution in [0.3, 0.4) is 0 Å². The van der Waals surface area contributed by atoms with Crippen molar-refractivity contribution < 1.29 is 24.5 Å². The van der Waals surface area contributed by atoms with Crippen molar-refractivity contribution in [2.24, 2.45) is 0 Å². The summed E-state index contributed by atoms with van der Waals surface area (Å²) < 4.78 is 5.44. The number of carbonyl (C=O) groups excluding carboxylic acids is 2. The van der Waals surface area contributed by atoms with Crippen LogP contribution in [0.5, 0.6) is 0 Å². The van der Waals surface area contributed by atoms with Gasteiger partial charge in [-0.1, -0.05) is 237 Å². The molecule has 0 aromatic rings. The molecule has 6 nitrogen and oxygen atoms in total. The molecule has 0 rings (SSSR count). The molecule has 1 amide bonds. The van der Waals surface area contributed by atoms with E-state index in [1.807, 2.05) is 6.08 Å². The van der Waals surface area contributed by atoms with Gasteiger partial charge in [0.15, 0.2) is 0 Å². The molecule has 0 bridgehead atoms. The average molecular weight is 858 g/mol. The highest BCUT2D eigenvalue weighted by Crippen LogP contribution is 2.16. The molecule has 61 heavy (non-hydrogen) atoms. The first-order chi connectivity index (χ1) is 30.0. The summed E-state index contributed by atoms with van der Waals surface area (Å²) in [5, 5.41) is 23.1. The predicted molar refractivity (Wildman–Crippen MR) is 264 cm³/mol. The monoisotopic (exact) mass is 858 g/mol. The van der Waals surface area contributed by atoms with Crippen molar-refractivity contribution in [3.05, 3.63) is 36.5 Å². The number of amides is 1. The topological polar surface area (TPSA) is 95.9 Å². The fourth-order valence-electron chi connectivity index (χ4n) is 8.02. The third-order valence-corrected chi connectivity index (χ3v) is 12.2. The van der Waals surface area contributed by atoms with Crippen LogP contribution in [0.15, 0.2) is 36.5 Å². The molecule has 358 valence electrons. The van der Waals surface area contributed by atoms with Crippen LogP contribution in [-0.2, 0) is 14.3 Å². The number of rotatable bonds is 49. The fraction of sp³-hybridized carbons (Fsp3) is 0.855. The molecular weight excluding hydrogens is 755 g/mol. The Morgan fingerprint density at radius 1 is 0.459 bits per heavy atom. The average Bonchev–Trinajstić information content (AvgIpc) is 3.26. The lowest BCUT2D eigenvalue weighted by atomic mass is 10.0. The zero-order chi connectivity index (χ0) is 44.4. The SMILES string of the molecule is CCCCC/C=C\C/C=C\CCCCCCCC(=O)OCCCCCCCCCCCC(=O)NC(CO)C(O)/C=C/CCCCCCCCCCCCCCCCCCCC. The zero-order valence-corrected chi connectivity index (χ0v) is 40.6. The molecule has 0 aliphatic rings. The Hall–Kier alpha value is -1.92. The van der Waals surface area contributed by atoms with E-state index < -0.39 is 12.1 Å². The lowest BCUT2D eigenvalue weighted by Crippen LogP contribution is -2.45. The summed E-state index contributed by atoms with van der Waals surface area (Å²) in [5.74, 6) is -0.137. The number of hydrogen-bond donors (Lipinski definition) is 3. The minimum Gasteiger partial charge on any atom is -0.466 e. The number of hydrogen-bond acceptors (Lipinski definition) is 5. The molecule has 3 N–H and O–H groups in total. The van der Waals surface area contributed by atoms with Gasteiger partial charge < -0.3 is 20.3 Å². The summed E-state index contributed by atoms with van der Waals surface area (Å²) in [7, 11) is 0. The van der Waals surface area contributed by atoms with Gasteiger partial charge in [-0.2, -0.15) is 0 Å². The molecule has 0 saturated heterocycles. The van der Waals surface area contributed by atoms with E-state index in [2.05, 4.69) is 43.5 Å². The Labute approximate surface area is 379 Å². The maximum absolute atomic E-state index is 12.5. The number of allylic oxidation sites excluding steroid dienone is 5. The number of unbranched alkanes of at least 4 members (excludes halogenated alkanes) is 34. The summed E-state index contributed by atoms with van der Waals surface area (Å²) in [5.41, 5.74) is 0. The second kappa shape index (κ2) is 50.7. The van der Waals surface area contributed by atoms with Gasteiger partial charge in [-0.15, -0.1) is 0 Å². The van der Waals surface area contributed by atoms with Crippen molar-refractivity contribution in [2.75, 3.05) is 13.2 Å². The highest BCUT2D eigenvalue weighted by molar-refractivity contribution is 5.76. The van der Waals surface area contributed by atoms with Crippen molar-refractivity contribution in [3.63, 3.8) is 0 Å². The first-order valence-electron chi connectivity index (χ1n) is 26.8. The molecule has 0 aliphatic heterocycles. The number of aliphatic hydroxyl groups is 2. The maximum atomic E-state index is 12.5. The van der Waals surface area contributed by atoms with E-state index in [0.717, 1.165) is 70.6 Å². The highest BCUT2D eigenvalue weighted by Gasteiger charge is 2.18. The van der Waals surface area contributed by atoms with Crippen LogP contribution < -0.4 is 5.32 Å². The molecule has 0 aromatic carbocycles. The zero-order valence-electron chi connectivity index (χ0n) is 40.6. The second-order valence-electron chi connectivity index (χ2n) is 18.2. The smallest absolute Gasteiger partial charge is 0.305 e. The van der Waals surface area contributed by atoms with Gasteiger partial charge in [-0.05, 0) is 64.2 Å². The van der Waals surface area contributed by atoms with Crippen LogP contribution >= 0.6 is 0 Å². The molecule has 2 unspecified atom stereocenters. The fourth-order valence-corrected chi connectivity index (χ4v) is 8.02. The van der Waals surface area contributed by atoms with Crippen LogP contribution in [0.2, 0.25) is 0 Å². The minimum atomic E-state index is -0.864. The largest absolute Gasteiger partial charge is 0.466 e. The Bertz CT molecular complexity index is 993. The summed E-state index contributed by atoms with van der Waals surface area (Å²) >= 11 is 0. The number of aliphatic hydroxyl groups excluding tert-OH is 2. The molecule has 2 atom stereocenters. The van der Waals surface area contributed by atoms with Gasteiger partial charge in [-0.3, -0.25) is 9.59 Å². The van der Waals surface area contributed by atoms with E-state index in [0.29, 0.717) is 19.4 Å². The van der Waals surface area contributed by atoms with Crippen molar-refractivity contribution in [2.45, 2.75) is 289 Å². The standard InChI is InChI=1S/C55H103NO5/c1-3-5-7-9-11-13-15-17-19-20-21-22-23-25-26-28-31-35-39-43-47-53(58)52(51-57)56-54(59)48-44-40-36-32-30-34-38-42-46-50-61-55(60)49-45-41-37-33-29-27-24-18-16-14-12-10-8-6-4-2/h12,14,18,24,43,47,52-53,57-58H,3-11,13,15-17,19-23,25-42,44-46,48-51H2,1-2H3,(H,56,59)/b14-12-,24-18-,47-43+. The Balaban J connectivity index is 3.54. The van der Waals surface area contributed by atoms with E-state index >= 15 is 0 Å². The quantitative estimate of drug-likeness (QED) is 0.0322. The number of esters is 1. The van der Waals surface area contributed by atoms with E-state index in [-0.39, 0.29) is 18.5 Å². The first-order valence-corrected chi connectivity index (χ1v) is 26.8. The molecule has 0 saturated carbocycles. The van der Waals surface area contributed by atoms with Gasteiger partial charge in [0.25, 0.3) is 0 Å². The molecule has 0 fully saturated rings. The molecule has 6 heteroatoms. The van der Waals surface area contributed by atoms with Crippen LogP contribution in [0.25, 0.3) is 0 Å². The van der Waals surface area contributed by atoms with Crippen LogP contribution in [0.1, 0.15) is 277 Å². The number of ether oxygens (including phenoxy) is 1. The third-order valence-electron chi connectivity index (χ3n) is 12.2. The van der Waals surface area contributed by atoms with Gasteiger partial charge in [0, 0.05) is 12.8 Å².